The normalized spacial score (nSPS) is 10.8. The summed E-state index contributed by atoms with van der Waals surface area (Å²) in [6.07, 6.45) is 0.714. The lowest BCUT2D eigenvalue weighted by molar-refractivity contribution is -0.113. The number of aromatic amines is 1. The van der Waals surface area contributed by atoms with E-state index in [4.69, 9.17) is 11.6 Å². The van der Waals surface area contributed by atoms with Crippen molar-refractivity contribution in [3.8, 4) is 0 Å². The molecule has 1 amide bonds. The van der Waals surface area contributed by atoms with Crippen LogP contribution in [0, 0.1) is 0 Å². The van der Waals surface area contributed by atoms with E-state index >= 15 is 0 Å². The van der Waals surface area contributed by atoms with Crippen LogP contribution in [-0.4, -0.2) is 26.8 Å². The Kier molecular flexibility index (Phi) is 5.94. The summed E-state index contributed by atoms with van der Waals surface area (Å²) in [6, 6.07) is 9.36. The third-order valence-electron chi connectivity index (χ3n) is 2.97. The largest absolute Gasteiger partial charge is 0.324 e. The van der Waals surface area contributed by atoms with Gasteiger partial charge in [0.15, 0.2) is 0 Å². The smallest absolute Gasteiger partial charge is 0.234 e. The number of thiophene rings is 1. The Morgan fingerprint density at radius 2 is 2.29 bits per heavy atom. The third kappa shape index (κ3) is 4.83. The molecule has 3 rings (SSSR count). The zero-order chi connectivity index (χ0) is 16.9. The molecular weight excluding hydrogens is 432 g/mol. The molecule has 1 aromatic carbocycles. The van der Waals surface area contributed by atoms with Crippen LogP contribution in [0.25, 0.3) is 0 Å². The first-order valence-corrected chi connectivity index (χ1v) is 9.95. The monoisotopic (exact) mass is 442 g/mol. The average Bonchev–Trinajstić information content (AvgIpc) is 3.20. The van der Waals surface area contributed by atoms with Crippen LogP contribution in [0.2, 0.25) is 5.02 Å². The lowest BCUT2D eigenvalue weighted by Crippen LogP contribution is -2.14. The second kappa shape index (κ2) is 8.15. The van der Waals surface area contributed by atoms with Crippen LogP contribution in [-0.2, 0) is 11.2 Å². The summed E-state index contributed by atoms with van der Waals surface area (Å²) in [6.45, 7) is 0. The Morgan fingerprint density at radius 3 is 3.04 bits per heavy atom. The lowest BCUT2D eigenvalue weighted by atomic mass is 10.3. The molecule has 0 saturated heterocycles. The van der Waals surface area contributed by atoms with E-state index < -0.39 is 0 Å². The number of hydrogen-bond donors (Lipinski definition) is 2. The maximum atomic E-state index is 12.0. The molecule has 2 heterocycles. The van der Waals surface area contributed by atoms with E-state index in [1.807, 2.05) is 17.5 Å². The second-order valence-corrected chi connectivity index (χ2v) is 8.08. The van der Waals surface area contributed by atoms with Gasteiger partial charge >= 0.3 is 0 Å². The van der Waals surface area contributed by atoms with Crippen LogP contribution >= 0.6 is 50.6 Å². The van der Waals surface area contributed by atoms with Crippen molar-refractivity contribution in [1.29, 1.82) is 0 Å². The van der Waals surface area contributed by atoms with Crippen molar-refractivity contribution >= 4 is 62.2 Å². The molecule has 0 unspecified atom stereocenters. The van der Waals surface area contributed by atoms with Crippen molar-refractivity contribution in [1.82, 2.24) is 15.2 Å². The van der Waals surface area contributed by atoms with Crippen molar-refractivity contribution in [2.24, 2.45) is 0 Å². The molecule has 0 fully saturated rings. The molecule has 9 heteroatoms. The highest BCUT2D eigenvalue weighted by atomic mass is 79.9. The molecule has 124 valence electrons. The number of carbonyl (C=O) groups excluding carboxylic acids is 1. The number of carbonyl (C=O) groups is 1. The Hall–Kier alpha value is -1.35. The van der Waals surface area contributed by atoms with Gasteiger partial charge in [0, 0.05) is 15.8 Å². The number of anilines is 1. The van der Waals surface area contributed by atoms with Crippen molar-refractivity contribution in [3.63, 3.8) is 0 Å². The maximum absolute atomic E-state index is 12.0. The molecule has 0 spiro atoms. The summed E-state index contributed by atoms with van der Waals surface area (Å²) in [4.78, 5) is 17.6. The highest BCUT2D eigenvalue weighted by molar-refractivity contribution is 9.10. The molecular formula is C15H12BrClN4OS2. The first-order valence-electron chi connectivity index (χ1n) is 6.91. The van der Waals surface area contributed by atoms with Crippen LogP contribution in [0.1, 0.15) is 10.7 Å². The topological polar surface area (TPSA) is 70.7 Å². The van der Waals surface area contributed by atoms with Gasteiger partial charge in [0.1, 0.15) is 5.82 Å². The number of hydrogen-bond acceptors (Lipinski definition) is 5. The Bertz CT molecular complexity index is 838. The summed E-state index contributed by atoms with van der Waals surface area (Å²) in [5.41, 5.74) is 0.582. The zero-order valence-electron chi connectivity index (χ0n) is 12.3. The quantitative estimate of drug-likeness (QED) is 0.546. The zero-order valence-corrected chi connectivity index (χ0v) is 16.2. The van der Waals surface area contributed by atoms with Gasteiger partial charge in [-0.25, -0.2) is 4.98 Å². The van der Waals surface area contributed by atoms with E-state index in [0.717, 1.165) is 10.3 Å². The lowest BCUT2D eigenvalue weighted by Gasteiger charge is -2.06. The minimum atomic E-state index is -0.158. The number of rotatable bonds is 6. The highest BCUT2D eigenvalue weighted by Gasteiger charge is 2.10. The molecule has 0 aliphatic heterocycles. The number of halogens is 2. The average molecular weight is 444 g/mol. The summed E-state index contributed by atoms with van der Waals surface area (Å²) in [5, 5.41) is 12.9. The molecule has 0 bridgehead atoms. The van der Waals surface area contributed by atoms with Gasteiger partial charge in [-0.15, -0.1) is 16.4 Å². The van der Waals surface area contributed by atoms with Gasteiger partial charge in [0.2, 0.25) is 11.1 Å². The number of benzene rings is 1. The van der Waals surface area contributed by atoms with Gasteiger partial charge < -0.3 is 5.32 Å². The first-order chi connectivity index (χ1) is 11.6. The molecule has 5 nitrogen and oxygen atoms in total. The number of H-pyrrole nitrogens is 1. The molecule has 24 heavy (non-hydrogen) atoms. The van der Waals surface area contributed by atoms with Gasteiger partial charge in [-0.1, -0.05) is 45.4 Å². The Labute approximate surface area is 160 Å². The minimum Gasteiger partial charge on any atom is -0.324 e. The SMILES string of the molecule is O=C(CSc1n[nH]c(Cc2cccs2)n1)Nc1ccc(Br)cc1Cl. The third-order valence-corrected chi connectivity index (χ3v) is 5.50. The fraction of sp³-hybridized carbons (Fsp3) is 0.133. The Morgan fingerprint density at radius 1 is 1.42 bits per heavy atom. The number of amides is 1. The fourth-order valence-corrected chi connectivity index (χ4v) is 3.95. The van der Waals surface area contributed by atoms with Crippen molar-refractivity contribution in [2.75, 3.05) is 11.1 Å². The van der Waals surface area contributed by atoms with E-state index in [1.165, 1.54) is 16.6 Å². The minimum absolute atomic E-state index is 0.158. The highest BCUT2D eigenvalue weighted by Crippen LogP contribution is 2.26. The number of aromatic nitrogens is 3. The predicted molar refractivity (Wildman–Crippen MR) is 102 cm³/mol. The van der Waals surface area contributed by atoms with Crippen LogP contribution in [0.3, 0.4) is 0 Å². The summed E-state index contributed by atoms with van der Waals surface area (Å²) < 4.78 is 0.860. The van der Waals surface area contributed by atoms with Gasteiger partial charge in [-0.2, -0.15) is 0 Å². The second-order valence-electron chi connectivity index (χ2n) is 4.78. The summed E-state index contributed by atoms with van der Waals surface area (Å²) >= 11 is 12.4. The Balaban J connectivity index is 1.52. The molecule has 0 atom stereocenters. The van der Waals surface area contributed by atoms with Crippen LogP contribution in [0.5, 0.6) is 0 Å². The van der Waals surface area contributed by atoms with Crippen LogP contribution in [0.4, 0.5) is 5.69 Å². The molecule has 0 radical (unpaired) electrons. The van der Waals surface area contributed by atoms with Gasteiger partial charge in [0.25, 0.3) is 0 Å². The number of nitrogens with zero attached hydrogens (tertiary/aromatic N) is 2. The van der Waals surface area contributed by atoms with E-state index in [2.05, 4.69) is 42.5 Å². The predicted octanol–water partition coefficient (Wildman–Crippen LogP) is 4.60. The van der Waals surface area contributed by atoms with Gasteiger partial charge in [-0.3, -0.25) is 9.89 Å². The number of thioether (sulfide) groups is 1. The van der Waals surface area contributed by atoms with E-state index in [-0.39, 0.29) is 11.7 Å². The van der Waals surface area contributed by atoms with E-state index in [0.29, 0.717) is 22.3 Å². The molecule has 0 saturated carbocycles. The first kappa shape index (κ1) is 17.5. The van der Waals surface area contributed by atoms with Gasteiger partial charge in [0.05, 0.1) is 16.5 Å². The summed E-state index contributed by atoms with van der Waals surface area (Å²) in [5.74, 6) is 0.841. The van der Waals surface area contributed by atoms with Crippen molar-refractivity contribution < 1.29 is 4.79 Å². The number of nitrogens with one attached hydrogen (secondary N) is 2. The molecule has 2 N–H and O–H groups in total. The van der Waals surface area contributed by atoms with E-state index in [1.54, 1.807) is 23.5 Å². The van der Waals surface area contributed by atoms with Crippen molar-refractivity contribution in [2.45, 2.75) is 11.6 Å². The summed E-state index contributed by atoms with van der Waals surface area (Å²) in [7, 11) is 0. The molecule has 3 aromatic rings. The van der Waals surface area contributed by atoms with E-state index in [9.17, 15) is 4.79 Å². The molecule has 0 aliphatic rings. The van der Waals surface area contributed by atoms with Crippen LogP contribution < -0.4 is 5.32 Å². The molecule has 0 aliphatic carbocycles. The van der Waals surface area contributed by atoms with Crippen LogP contribution in [0.15, 0.2) is 45.3 Å². The fourth-order valence-electron chi connectivity index (χ4n) is 1.91. The van der Waals surface area contributed by atoms with Gasteiger partial charge in [-0.05, 0) is 29.6 Å². The standard InChI is InChI=1S/C15H12BrClN4OS2/c16-9-3-4-12(11(17)6-9)18-14(22)8-24-15-19-13(20-21-15)7-10-2-1-5-23-10/h1-6H,7-8H2,(H,18,22)(H,19,20,21). The van der Waals surface area contributed by atoms with Crippen molar-refractivity contribution in [3.05, 3.63) is 55.9 Å². The molecule has 2 aromatic heterocycles. The maximum Gasteiger partial charge on any atom is 0.234 e.